The standard InChI is InChI=1S/C23H24ClFN4O/c1-15-2-7-19(12-21(15)24)29-22(17-8-10-26-11-9-17)20(14-28-29)23(30)27-13-16-3-5-18(25)6-4-16/h2-7,12,14,17,26H,8-11,13H2,1H3,(H,27,30). The van der Waals surface area contributed by atoms with Crippen molar-refractivity contribution in [1.82, 2.24) is 20.4 Å². The second-order valence-electron chi connectivity index (χ2n) is 7.62. The summed E-state index contributed by atoms with van der Waals surface area (Å²) in [7, 11) is 0. The molecular formula is C23H24ClFN4O. The van der Waals surface area contributed by atoms with Crippen LogP contribution in [0.3, 0.4) is 0 Å². The van der Waals surface area contributed by atoms with E-state index in [2.05, 4.69) is 15.7 Å². The fraction of sp³-hybridized carbons (Fsp3) is 0.304. The Morgan fingerprint density at radius 1 is 1.23 bits per heavy atom. The first-order valence-corrected chi connectivity index (χ1v) is 10.5. The molecule has 156 valence electrons. The molecule has 0 spiro atoms. The van der Waals surface area contributed by atoms with E-state index in [1.54, 1.807) is 18.3 Å². The molecule has 0 bridgehead atoms. The van der Waals surface area contributed by atoms with Crippen molar-refractivity contribution in [3.05, 3.63) is 81.9 Å². The number of piperidine rings is 1. The van der Waals surface area contributed by atoms with Crippen molar-refractivity contribution in [3.63, 3.8) is 0 Å². The van der Waals surface area contributed by atoms with Crippen LogP contribution < -0.4 is 10.6 Å². The smallest absolute Gasteiger partial charge is 0.255 e. The van der Waals surface area contributed by atoms with Crippen LogP contribution in [0.5, 0.6) is 0 Å². The molecule has 1 aliphatic heterocycles. The van der Waals surface area contributed by atoms with Crippen molar-refractivity contribution in [1.29, 1.82) is 0 Å². The van der Waals surface area contributed by atoms with Gasteiger partial charge in [-0.05, 0) is 68.2 Å². The van der Waals surface area contributed by atoms with Gasteiger partial charge in [0.05, 0.1) is 23.1 Å². The molecule has 1 aliphatic rings. The van der Waals surface area contributed by atoms with Gasteiger partial charge in [0.1, 0.15) is 5.82 Å². The van der Waals surface area contributed by atoms with E-state index in [0.717, 1.165) is 48.4 Å². The molecule has 1 saturated heterocycles. The van der Waals surface area contributed by atoms with Gasteiger partial charge in [0.2, 0.25) is 0 Å². The third kappa shape index (κ3) is 4.40. The molecule has 7 heteroatoms. The predicted octanol–water partition coefficient (Wildman–Crippen LogP) is 4.37. The molecule has 0 radical (unpaired) electrons. The molecule has 0 unspecified atom stereocenters. The number of hydrogen-bond donors (Lipinski definition) is 2. The van der Waals surface area contributed by atoms with Gasteiger partial charge in [-0.2, -0.15) is 5.10 Å². The number of benzene rings is 2. The summed E-state index contributed by atoms with van der Waals surface area (Å²) in [5.74, 6) is -0.256. The number of aromatic nitrogens is 2. The number of nitrogens with one attached hydrogen (secondary N) is 2. The van der Waals surface area contributed by atoms with Crippen LogP contribution in [0, 0.1) is 12.7 Å². The maximum absolute atomic E-state index is 13.1. The van der Waals surface area contributed by atoms with E-state index in [1.165, 1.54) is 12.1 Å². The van der Waals surface area contributed by atoms with Crippen LogP contribution in [-0.2, 0) is 6.54 Å². The van der Waals surface area contributed by atoms with Gasteiger partial charge in [0.15, 0.2) is 0 Å². The molecule has 30 heavy (non-hydrogen) atoms. The molecule has 4 rings (SSSR count). The third-order valence-electron chi connectivity index (χ3n) is 5.54. The first-order valence-electron chi connectivity index (χ1n) is 10.1. The minimum absolute atomic E-state index is 0.183. The lowest BCUT2D eigenvalue weighted by atomic mass is 9.91. The molecule has 1 aromatic heterocycles. The fourth-order valence-corrected chi connectivity index (χ4v) is 3.99. The number of aryl methyl sites for hydroxylation is 1. The highest BCUT2D eigenvalue weighted by Crippen LogP contribution is 2.31. The van der Waals surface area contributed by atoms with Gasteiger partial charge >= 0.3 is 0 Å². The zero-order valence-corrected chi connectivity index (χ0v) is 17.5. The first kappa shape index (κ1) is 20.6. The summed E-state index contributed by atoms with van der Waals surface area (Å²) in [6.45, 7) is 4.09. The van der Waals surface area contributed by atoms with Crippen LogP contribution in [0.4, 0.5) is 4.39 Å². The van der Waals surface area contributed by atoms with Crippen molar-refractivity contribution in [3.8, 4) is 5.69 Å². The second-order valence-corrected chi connectivity index (χ2v) is 8.03. The number of hydrogen-bond acceptors (Lipinski definition) is 3. The molecule has 0 atom stereocenters. The topological polar surface area (TPSA) is 59.0 Å². The summed E-state index contributed by atoms with van der Waals surface area (Å²) in [6.07, 6.45) is 3.50. The summed E-state index contributed by atoms with van der Waals surface area (Å²) in [5.41, 5.74) is 4.16. The van der Waals surface area contributed by atoms with Crippen LogP contribution in [-0.4, -0.2) is 28.8 Å². The number of rotatable bonds is 5. The van der Waals surface area contributed by atoms with Gasteiger partial charge in [-0.25, -0.2) is 9.07 Å². The SMILES string of the molecule is Cc1ccc(-n2ncc(C(=O)NCc3ccc(F)cc3)c2C2CCNCC2)cc1Cl. The van der Waals surface area contributed by atoms with Gasteiger partial charge in [0.25, 0.3) is 5.91 Å². The summed E-state index contributed by atoms with van der Waals surface area (Å²) in [6, 6.07) is 11.9. The predicted molar refractivity (Wildman–Crippen MR) is 116 cm³/mol. The molecule has 3 aromatic rings. The lowest BCUT2D eigenvalue weighted by molar-refractivity contribution is 0.0949. The number of carbonyl (C=O) groups is 1. The Labute approximate surface area is 180 Å². The number of amides is 1. The van der Waals surface area contributed by atoms with Gasteiger partial charge in [-0.3, -0.25) is 4.79 Å². The molecular weight excluding hydrogens is 403 g/mol. The average Bonchev–Trinajstić information content (AvgIpc) is 3.21. The Morgan fingerprint density at radius 2 is 1.97 bits per heavy atom. The second kappa shape index (κ2) is 8.98. The molecule has 2 heterocycles. The van der Waals surface area contributed by atoms with Gasteiger partial charge < -0.3 is 10.6 Å². The van der Waals surface area contributed by atoms with Gasteiger partial charge in [-0.15, -0.1) is 0 Å². The lowest BCUT2D eigenvalue weighted by Crippen LogP contribution is -2.30. The van der Waals surface area contributed by atoms with E-state index in [1.807, 2.05) is 29.8 Å². The van der Waals surface area contributed by atoms with E-state index in [-0.39, 0.29) is 17.6 Å². The minimum atomic E-state index is -0.295. The molecule has 5 nitrogen and oxygen atoms in total. The van der Waals surface area contributed by atoms with Crippen molar-refractivity contribution >= 4 is 17.5 Å². The monoisotopic (exact) mass is 426 g/mol. The van der Waals surface area contributed by atoms with Crippen molar-refractivity contribution < 1.29 is 9.18 Å². The normalized spacial score (nSPS) is 14.6. The molecule has 2 aromatic carbocycles. The number of nitrogens with zero attached hydrogens (tertiary/aromatic N) is 2. The van der Waals surface area contributed by atoms with E-state index >= 15 is 0 Å². The van der Waals surface area contributed by atoms with Crippen LogP contribution >= 0.6 is 11.6 Å². The van der Waals surface area contributed by atoms with E-state index in [9.17, 15) is 9.18 Å². The molecule has 2 N–H and O–H groups in total. The molecule has 1 amide bonds. The summed E-state index contributed by atoms with van der Waals surface area (Å²) >= 11 is 6.34. The maximum atomic E-state index is 13.1. The Hall–Kier alpha value is -2.70. The van der Waals surface area contributed by atoms with Crippen LogP contribution in [0.1, 0.15) is 45.9 Å². The molecule has 0 aliphatic carbocycles. The molecule has 1 fully saturated rings. The highest BCUT2D eigenvalue weighted by Gasteiger charge is 2.27. The number of halogens is 2. The Morgan fingerprint density at radius 3 is 2.67 bits per heavy atom. The van der Waals surface area contributed by atoms with E-state index < -0.39 is 0 Å². The number of carbonyl (C=O) groups excluding carboxylic acids is 1. The molecule has 0 saturated carbocycles. The quantitative estimate of drug-likeness (QED) is 0.637. The van der Waals surface area contributed by atoms with Gasteiger partial charge in [-0.1, -0.05) is 29.8 Å². The zero-order chi connectivity index (χ0) is 21.1. The minimum Gasteiger partial charge on any atom is -0.348 e. The van der Waals surface area contributed by atoms with Crippen LogP contribution in [0.2, 0.25) is 5.02 Å². The van der Waals surface area contributed by atoms with Gasteiger partial charge in [0, 0.05) is 17.5 Å². The Bertz CT molecular complexity index is 1040. The fourth-order valence-electron chi connectivity index (χ4n) is 3.82. The van der Waals surface area contributed by atoms with E-state index in [0.29, 0.717) is 17.1 Å². The summed E-state index contributed by atoms with van der Waals surface area (Å²) in [5, 5.41) is 11.5. The third-order valence-corrected chi connectivity index (χ3v) is 5.95. The van der Waals surface area contributed by atoms with Crippen molar-refractivity contribution in [2.24, 2.45) is 0 Å². The average molecular weight is 427 g/mol. The Balaban J connectivity index is 1.64. The van der Waals surface area contributed by atoms with Crippen LogP contribution in [0.25, 0.3) is 5.69 Å². The highest BCUT2D eigenvalue weighted by molar-refractivity contribution is 6.31. The summed E-state index contributed by atoms with van der Waals surface area (Å²) < 4.78 is 15.0. The van der Waals surface area contributed by atoms with Crippen LogP contribution in [0.15, 0.2) is 48.7 Å². The maximum Gasteiger partial charge on any atom is 0.255 e. The van der Waals surface area contributed by atoms with Crippen molar-refractivity contribution in [2.45, 2.75) is 32.2 Å². The highest BCUT2D eigenvalue weighted by atomic mass is 35.5. The van der Waals surface area contributed by atoms with E-state index in [4.69, 9.17) is 11.6 Å². The largest absolute Gasteiger partial charge is 0.348 e. The first-order chi connectivity index (χ1) is 14.5. The lowest BCUT2D eigenvalue weighted by Gasteiger charge is -2.25. The zero-order valence-electron chi connectivity index (χ0n) is 16.8. The van der Waals surface area contributed by atoms with Crippen molar-refractivity contribution in [2.75, 3.05) is 13.1 Å². The Kier molecular flexibility index (Phi) is 6.16. The summed E-state index contributed by atoms with van der Waals surface area (Å²) in [4.78, 5) is 13.0.